The summed E-state index contributed by atoms with van der Waals surface area (Å²) in [6.07, 6.45) is 1.50. The smallest absolute Gasteiger partial charge is 0.270 e. The van der Waals surface area contributed by atoms with Crippen molar-refractivity contribution < 1.29 is 14.3 Å². The summed E-state index contributed by atoms with van der Waals surface area (Å²) in [7, 11) is 0. The van der Waals surface area contributed by atoms with Crippen molar-refractivity contribution in [3.05, 3.63) is 65.0 Å². The molecule has 130 valence electrons. The molecule has 6 nitrogen and oxygen atoms in total. The molecule has 0 atom stereocenters. The van der Waals surface area contributed by atoms with Crippen LogP contribution in [0, 0.1) is 6.92 Å². The van der Waals surface area contributed by atoms with Crippen LogP contribution < -0.4 is 5.32 Å². The number of carbonyl (C=O) groups is 2. The Kier molecular flexibility index (Phi) is 5.40. The van der Waals surface area contributed by atoms with E-state index < -0.39 is 0 Å². The first-order valence-corrected chi connectivity index (χ1v) is 8.31. The van der Waals surface area contributed by atoms with Crippen LogP contribution in [0.1, 0.15) is 32.0 Å². The molecule has 0 aliphatic carbocycles. The van der Waals surface area contributed by atoms with E-state index in [1.807, 2.05) is 31.2 Å². The van der Waals surface area contributed by atoms with Crippen molar-refractivity contribution in [1.29, 1.82) is 0 Å². The molecular formula is C19H21N3O3. The number of hydrogen-bond acceptors (Lipinski definition) is 4. The van der Waals surface area contributed by atoms with Crippen molar-refractivity contribution in [2.24, 2.45) is 0 Å². The molecule has 2 amide bonds. The number of hydrogen-bond donors (Lipinski definition) is 1. The number of benzene rings is 1. The standard InChI is InChI=1S/C19H21N3O3/c1-14-4-2-3-5-16(14)13-21-18(23)17-12-15(6-7-20-17)19(24)22-8-10-25-11-9-22/h2-7,12H,8-11,13H2,1H3,(H,21,23). The normalized spacial score (nSPS) is 14.2. The number of carbonyl (C=O) groups excluding carboxylic acids is 2. The maximum Gasteiger partial charge on any atom is 0.270 e. The lowest BCUT2D eigenvalue weighted by molar-refractivity contribution is 0.0303. The summed E-state index contributed by atoms with van der Waals surface area (Å²) in [5.41, 5.74) is 2.88. The molecule has 1 saturated heterocycles. The van der Waals surface area contributed by atoms with Crippen molar-refractivity contribution in [1.82, 2.24) is 15.2 Å². The van der Waals surface area contributed by atoms with E-state index in [2.05, 4.69) is 10.3 Å². The van der Waals surface area contributed by atoms with E-state index in [0.29, 0.717) is 38.4 Å². The minimum atomic E-state index is -0.292. The fraction of sp³-hybridized carbons (Fsp3) is 0.316. The monoisotopic (exact) mass is 339 g/mol. The largest absolute Gasteiger partial charge is 0.378 e. The number of pyridine rings is 1. The third-order valence-corrected chi connectivity index (χ3v) is 4.24. The maximum atomic E-state index is 12.5. The number of ether oxygens (including phenoxy) is 1. The molecular weight excluding hydrogens is 318 g/mol. The zero-order valence-corrected chi connectivity index (χ0v) is 14.2. The first-order chi connectivity index (χ1) is 12.1. The Bertz CT molecular complexity index is 770. The second kappa shape index (κ2) is 7.90. The van der Waals surface area contributed by atoms with Crippen LogP contribution in [0.5, 0.6) is 0 Å². The molecule has 1 aromatic heterocycles. The van der Waals surface area contributed by atoms with E-state index >= 15 is 0 Å². The summed E-state index contributed by atoms with van der Waals surface area (Å²) >= 11 is 0. The molecule has 0 spiro atoms. The highest BCUT2D eigenvalue weighted by atomic mass is 16.5. The lowest BCUT2D eigenvalue weighted by atomic mass is 10.1. The van der Waals surface area contributed by atoms with Gasteiger partial charge in [0, 0.05) is 31.4 Å². The molecule has 2 aromatic rings. The zero-order chi connectivity index (χ0) is 17.6. The van der Waals surface area contributed by atoms with E-state index in [-0.39, 0.29) is 17.5 Å². The Morgan fingerprint density at radius 3 is 2.72 bits per heavy atom. The number of aromatic nitrogens is 1. The second-order valence-corrected chi connectivity index (χ2v) is 5.94. The minimum Gasteiger partial charge on any atom is -0.378 e. The van der Waals surface area contributed by atoms with Crippen molar-refractivity contribution in [3.8, 4) is 0 Å². The molecule has 0 radical (unpaired) electrons. The molecule has 1 N–H and O–H groups in total. The summed E-state index contributed by atoms with van der Waals surface area (Å²) in [6.45, 7) is 4.64. The van der Waals surface area contributed by atoms with Gasteiger partial charge < -0.3 is 15.0 Å². The first-order valence-electron chi connectivity index (χ1n) is 8.31. The van der Waals surface area contributed by atoms with Crippen LogP contribution in [-0.2, 0) is 11.3 Å². The average Bonchev–Trinajstić information content (AvgIpc) is 2.67. The van der Waals surface area contributed by atoms with Crippen molar-refractivity contribution in [3.63, 3.8) is 0 Å². The Labute approximate surface area is 146 Å². The van der Waals surface area contributed by atoms with Crippen molar-refractivity contribution in [2.75, 3.05) is 26.3 Å². The van der Waals surface area contributed by atoms with Crippen LogP contribution in [0.25, 0.3) is 0 Å². The Morgan fingerprint density at radius 2 is 1.96 bits per heavy atom. The molecule has 1 aliphatic rings. The summed E-state index contributed by atoms with van der Waals surface area (Å²) in [5, 5.41) is 2.86. The highest BCUT2D eigenvalue weighted by molar-refractivity contribution is 5.98. The van der Waals surface area contributed by atoms with Gasteiger partial charge in [-0.3, -0.25) is 14.6 Å². The number of aryl methyl sites for hydroxylation is 1. The van der Waals surface area contributed by atoms with E-state index in [4.69, 9.17) is 4.74 Å². The Hall–Kier alpha value is -2.73. The van der Waals surface area contributed by atoms with Gasteiger partial charge in [-0.2, -0.15) is 0 Å². The van der Waals surface area contributed by atoms with Gasteiger partial charge >= 0.3 is 0 Å². The highest BCUT2D eigenvalue weighted by Crippen LogP contribution is 2.10. The Balaban J connectivity index is 1.67. The number of nitrogens with zero attached hydrogens (tertiary/aromatic N) is 2. The van der Waals surface area contributed by atoms with Gasteiger partial charge in [0.15, 0.2) is 0 Å². The molecule has 0 bridgehead atoms. The molecule has 25 heavy (non-hydrogen) atoms. The van der Waals surface area contributed by atoms with Gasteiger partial charge in [0.1, 0.15) is 5.69 Å². The number of amides is 2. The fourth-order valence-electron chi connectivity index (χ4n) is 2.71. The van der Waals surface area contributed by atoms with Crippen molar-refractivity contribution in [2.45, 2.75) is 13.5 Å². The molecule has 6 heteroatoms. The van der Waals surface area contributed by atoms with E-state index in [1.54, 1.807) is 17.0 Å². The van der Waals surface area contributed by atoms with Crippen LogP contribution in [-0.4, -0.2) is 48.0 Å². The quantitative estimate of drug-likeness (QED) is 0.922. The molecule has 0 unspecified atom stereocenters. The number of morpholine rings is 1. The van der Waals surface area contributed by atoms with Crippen LogP contribution in [0.2, 0.25) is 0 Å². The van der Waals surface area contributed by atoms with Gasteiger partial charge in [0.2, 0.25) is 0 Å². The van der Waals surface area contributed by atoms with Gasteiger partial charge in [0.05, 0.1) is 13.2 Å². The average molecular weight is 339 g/mol. The predicted molar refractivity (Wildman–Crippen MR) is 93.3 cm³/mol. The highest BCUT2D eigenvalue weighted by Gasteiger charge is 2.20. The van der Waals surface area contributed by atoms with Crippen LogP contribution in [0.3, 0.4) is 0 Å². The van der Waals surface area contributed by atoms with Crippen LogP contribution >= 0.6 is 0 Å². The molecule has 0 saturated carbocycles. The minimum absolute atomic E-state index is 0.0985. The SMILES string of the molecule is Cc1ccccc1CNC(=O)c1cc(C(=O)N2CCOCC2)ccn1. The fourth-order valence-corrected chi connectivity index (χ4v) is 2.71. The molecule has 3 rings (SSSR count). The second-order valence-electron chi connectivity index (χ2n) is 5.94. The molecule has 2 heterocycles. The third kappa shape index (κ3) is 4.22. The lowest BCUT2D eigenvalue weighted by Gasteiger charge is -2.26. The first kappa shape index (κ1) is 17.1. The maximum absolute atomic E-state index is 12.5. The van der Waals surface area contributed by atoms with E-state index in [1.165, 1.54) is 6.20 Å². The van der Waals surface area contributed by atoms with Gasteiger partial charge in [-0.05, 0) is 30.2 Å². The van der Waals surface area contributed by atoms with E-state index in [0.717, 1.165) is 11.1 Å². The van der Waals surface area contributed by atoms with Gasteiger partial charge in [-0.1, -0.05) is 24.3 Å². The molecule has 1 aromatic carbocycles. The molecule has 1 fully saturated rings. The summed E-state index contributed by atoms with van der Waals surface area (Å²) in [6, 6.07) is 11.1. The van der Waals surface area contributed by atoms with Crippen LogP contribution in [0.15, 0.2) is 42.6 Å². The zero-order valence-electron chi connectivity index (χ0n) is 14.2. The van der Waals surface area contributed by atoms with Crippen LogP contribution in [0.4, 0.5) is 0 Å². The van der Waals surface area contributed by atoms with Gasteiger partial charge in [0.25, 0.3) is 11.8 Å². The van der Waals surface area contributed by atoms with Gasteiger partial charge in [-0.15, -0.1) is 0 Å². The predicted octanol–water partition coefficient (Wildman–Crippen LogP) is 1.79. The Morgan fingerprint density at radius 1 is 1.20 bits per heavy atom. The summed E-state index contributed by atoms with van der Waals surface area (Å²) < 4.78 is 5.26. The molecule has 1 aliphatic heterocycles. The van der Waals surface area contributed by atoms with E-state index in [9.17, 15) is 9.59 Å². The topological polar surface area (TPSA) is 71.5 Å². The van der Waals surface area contributed by atoms with Crippen molar-refractivity contribution >= 4 is 11.8 Å². The number of rotatable bonds is 4. The summed E-state index contributed by atoms with van der Waals surface area (Å²) in [4.78, 5) is 30.7. The number of nitrogens with one attached hydrogen (secondary N) is 1. The third-order valence-electron chi connectivity index (χ3n) is 4.24. The summed E-state index contributed by atoms with van der Waals surface area (Å²) in [5.74, 6) is -0.390. The lowest BCUT2D eigenvalue weighted by Crippen LogP contribution is -2.40. The van der Waals surface area contributed by atoms with Gasteiger partial charge in [-0.25, -0.2) is 0 Å².